The summed E-state index contributed by atoms with van der Waals surface area (Å²) >= 11 is 0. The Morgan fingerprint density at radius 3 is 2.61 bits per heavy atom. The molecule has 0 spiro atoms. The van der Waals surface area contributed by atoms with Crippen LogP contribution in [0.2, 0.25) is 0 Å². The predicted molar refractivity (Wildman–Crippen MR) is 95.6 cm³/mol. The minimum atomic E-state index is -4.46. The van der Waals surface area contributed by atoms with Crippen molar-refractivity contribution in [3.05, 3.63) is 65.5 Å². The molecule has 144 valence electrons. The molecular weight excluding hydrogens is 371 g/mol. The summed E-state index contributed by atoms with van der Waals surface area (Å²) < 4.78 is 44.1. The van der Waals surface area contributed by atoms with Crippen molar-refractivity contribution in [1.29, 1.82) is 0 Å². The lowest BCUT2D eigenvalue weighted by atomic mass is 10.1. The SMILES string of the molecule is Cc1ccc(-c2nc(C3CC(=O)N(c4cccc(C(F)(F)F)c4)C3)no2)cc1. The van der Waals surface area contributed by atoms with E-state index in [0.717, 1.165) is 23.3 Å². The highest BCUT2D eigenvalue weighted by atomic mass is 19.4. The summed E-state index contributed by atoms with van der Waals surface area (Å²) in [7, 11) is 0. The molecule has 1 aromatic heterocycles. The maximum atomic E-state index is 12.9. The summed E-state index contributed by atoms with van der Waals surface area (Å²) in [5.74, 6) is 0.106. The van der Waals surface area contributed by atoms with Crippen LogP contribution in [-0.2, 0) is 11.0 Å². The van der Waals surface area contributed by atoms with Gasteiger partial charge in [0, 0.05) is 30.1 Å². The van der Waals surface area contributed by atoms with Crippen LogP contribution in [0.25, 0.3) is 11.5 Å². The lowest BCUT2D eigenvalue weighted by Crippen LogP contribution is -2.24. The molecule has 3 aromatic rings. The third-order valence-electron chi connectivity index (χ3n) is 4.72. The smallest absolute Gasteiger partial charge is 0.334 e. The summed E-state index contributed by atoms with van der Waals surface area (Å²) in [5.41, 5.74) is 1.29. The highest BCUT2D eigenvalue weighted by Gasteiger charge is 2.36. The number of aromatic nitrogens is 2. The van der Waals surface area contributed by atoms with Gasteiger partial charge in [0.15, 0.2) is 5.82 Å². The Morgan fingerprint density at radius 2 is 1.89 bits per heavy atom. The van der Waals surface area contributed by atoms with Crippen LogP contribution in [0.5, 0.6) is 0 Å². The normalized spacial score (nSPS) is 17.4. The van der Waals surface area contributed by atoms with E-state index >= 15 is 0 Å². The molecule has 1 saturated heterocycles. The van der Waals surface area contributed by atoms with E-state index in [1.807, 2.05) is 31.2 Å². The Hall–Kier alpha value is -3.16. The Kier molecular flexibility index (Phi) is 4.41. The molecule has 28 heavy (non-hydrogen) atoms. The summed E-state index contributed by atoms with van der Waals surface area (Å²) in [6, 6.07) is 12.3. The molecular formula is C20H16F3N3O2. The quantitative estimate of drug-likeness (QED) is 0.660. The van der Waals surface area contributed by atoms with Crippen molar-refractivity contribution in [2.45, 2.75) is 25.4 Å². The van der Waals surface area contributed by atoms with Gasteiger partial charge < -0.3 is 9.42 Å². The minimum absolute atomic E-state index is 0.114. The van der Waals surface area contributed by atoms with Gasteiger partial charge in [0.05, 0.1) is 5.56 Å². The van der Waals surface area contributed by atoms with Crippen LogP contribution in [0.1, 0.15) is 29.3 Å². The molecule has 0 N–H and O–H groups in total. The molecule has 2 aromatic carbocycles. The van der Waals surface area contributed by atoms with E-state index in [2.05, 4.69) is 10.1 Å². The molecule has 1 amide bonds. The van der Waals surface area contributed by atoms with Crippen LogP contribution in [0.4, 0.5) is 18.9 Å². The van der Waals surface area contributed by atoms with Crippen LogP contribution < -0.4 is 4.90 Å². The molecule has 0 radical (unpaired) electrons. The first kappa shape index (κ1) is 18.2. The third-order valence-corrected chi connectivity index (χ3v) is 4.72. The topological polar surface area (TPSA) is 59.2 Å². The molecule has 1 aliphatic heterocycles. The largest absolute Gasteiger partial charge is 0.416 e. The van der Waals surface area contributed by atoms with Crippen molar-refractivity contribution >= 4 is 11.6 Å². The van der Waals surface area contributed by atoms with E-state index < -0.39 is 11.7 Å². The maximum absolute atomic E-state index is 12.9. The van der Waals surface area contributed by atoms with E-state index in [1.54, 1.807) is 0 Å². The van der Waals surface area contributed by atoms with Crippen LogP contribution in [0, 0.1) is 6.92 Å². The molecule has 8 heteroatoms. The van der Waals surface area contributed by atoms with E-state index in [-0.39, 0.29) is 30.5 Å². The molecule has 0 saturated carbocycles. The van der Waals surface area contributed by atoms with E-state index in [4.69, 9.17) is 4.52 Å². The van der Waals surface area contributed by atoms with Gasteiger partial charge in [-0.25, -0.2) is 0 Å². The predicted octanol–water partition coefficient (Wildman–Crippen LogP) is 4.58. The molecule has 0 bridgehead atoms. The monoisotopic (exact) mass is 387 g/mol. The average Bonchev–Trinajstić information content (AvgIpc) is 3.29. The fourth-order valence-electron chi connectivity index (χ4n) is 3.19. The van der Waals surface area contributed by atoms with Gasteiger partial charge in [-0.2, -0.15) is 18.2 Å². The van der Waals surface area contributed by atoms with Gasteiger partial charge >= 0.3 is 6.18 Å². The van der Waals surface area contributed by atoms with Crippen molar-refractivity contribution in [2.75, 3.05) is 11.4 Å². The number of nitrogens with zero attached hydrogens (tertiary/aromatic N) is 3. The molecule has 1 fully saturated rings. The van der Waals surface area contributed by atoms with Gasteiger partial charge in [-0.3, -0.25) is 4.79 Å². The Labute approximate surface area is 158 Å². The molecule has 4 rings (SSSR count). The van der Waals surface area contributed by atoms with Crippen molar-refractivity contribution < 1.29 is 22.5 Å². The number of halogens is 3. The lowest BCUT2D eigenvalue weighted by molar-refractivity contribution is -0.137. The minimum Gasteiger partial charge on any atom is -0.334 e. The second-order valence-corrected chi connectivity index (χ2v) is 6.78. The zero-order valence-electron chi connectivity index (χ0n) is 14.9. The Morgan fingerprint density at radius 1 is 1.14 bits per heavy atom. The van der Waals surface area contributed by atoms with E-state index in [9.17, 15) is 18.0 Å². The third kappa shape index (κ3) is 3.49. The van der Waals surface area contributed by atoms with E-state index in [0.29, 0.717) is 11.7 Å². The van der Waals surface area contributed by atoms with Crippen LogP contribution in [0.15, 0.2) is 53.1 Å². The van der Waals surface area contributed by atoms with Gasteiger partial charge in [-0.05, 0) is 37.3 Å². The molecule has 2 heterocycles. The first-order chi connectivity index (χ1) is 13.3. The second-order valence-electron chi connectivity index (χ2n) is 6.78. The number of aryl methyl sites for hydroxylation is 1. The average molecular weight is 387 g/mol. The summed E-state index contributed by atoms with van der Waals surface area (Å²) in [6.07, 6.45) is -4.35. The summed E-state index contributed by atoms with van der Waals surface area (Å²) in [6.45, 7) is 2.17. The Bertz CT molecular complexity index is 1010. The summed E-state index contributed by atoms with van der Waals surface area (Å²) in [5, 5.41) is 3.97. The number of carbonyl (C=O) groups excluding carboxylic acids is 1. The first-order valence-electron chi connectivity index (χ1n) is 8.69. The number of alkyl halides is 3. The molecule has 1 unspecified atom stereocenters. The zero-order valence-corrected chi connectivity index (χ0v) is 14.9. The van der Waals surface area contributed by atoms with Crippen LogP contribution in [-0.4, -0.2) is 22.6 Å². The van der Waals surface area contributed by atoms with Gasteiger partial charge in [0.1, 0.15) is 0 Å². The number of benzene rings is 2. The van der Waals surface area contributed by atoms with Crippen molar-refractivity contribution in [2.24, 2.45) is 0 Å². The highest BCUT2D eigenvalue weighted by Crippen LogP contribution is 2.35. The molecule has 5 nitrogen and oxygen atoms in total. The number of amides is 1. The van der Waals surface area contributed by atoms with Crippen LogP contribution >= 0.6 is 0 Å². The van der Waals surface area contributed by atoms with Gasteiger partial charge in [0.2, 0.25) is 5.91 Å². The number of anilines is 1. The summed E-state index contributed by atoms with van der Waals surface area (Å²) in [4.78, 5) is 18.1. The highest BCUT2D eigenvalue weighted by molar-refractivity contribution is 5.96. The molecule has 0 aliphatic carbocycles. The maximum Gasteiger partial charge on any atom is 0.416 e. The lowest BCUT2D eigenvalue weighted by Gasteiger charge is -2.18. The fourth-order valence-corrected chi connectivity index (χ4v) is 3.19. The molecule has 1 aliphatic rings. The van der Waals surface area contributed by atoms with Crippen molar-refractivity contribution in [3.63, 3.8) is 0 Å². The zero-order chi connectivity index (χ0) is 19.9. The standard InChI is InChI=1S/C20H16F3N3O2/c1-12-5-7-13(8-6-12)19-24-18(25-28-19)14-9-17(27)26(11-14)16-4-2-3-15(10-16)20(21,22)23/h2-8,10,14H,9,11H2,1H3. The Balaban J connectivity index is 1.55. The number of rotatable bonds is 3. The second kappa shape index (κ2) is 6.78. The van der Waals surface area contributed by atoms with E-state index in [1.165, 1.54) is 17.0 Å². The van der Waals surface area contributed by atoms with Crippen LogP contribution in [0.3, 0.4) is 0 Å². The van der Waals surface area contributed by atoms with Crippen molar-refractivity contribution in [1.82, 2.24) is 10.1 Å². The van der Waals surface area contributed by atoms with Gasteiger partial charge in [-0.1, -0.05) is 28.9 Å². The van der Waals surface area contributed by atoms with Gasteiger partial charge in [0.25, 0.3) is 5.89 Å². The fraction of sp³-hybridized carbons (Fsp3) is 0.250. The first-order valence-corrected chi connectivity index (χ1v) is 8.69. The van der Waals surface area contributed by atoms with Crippen molar-refractivity contribution in [3.8, 4) is 11.5 Å². The van der Waals surface area contributed by atoms with Gasteiger partial charge in [-0.15, -0.1) is 0 Å². The molecule has 1 atom stereocenters. The number of hydrogen-bond acceptors (Lipinski definition) is 4. The number of hydrogen-bond donors (Lipinski definition) is 0. The number of carbonyl (C=O) groups is 1.